The molecule has 1 aromatic carbocycles. The molecule has 0 amide bonds. The minimum absolute atomic E-state index is 0.142. The third-order valence-electron chi connectivity index (χ3n) is 4.58. The summed E-state index contributed by atoms with van der Waals surface area (Å²) in [6.07, 6.45) is 0.620. The molecule has 0 saturated carbocycles. The normalized spacial score (nSPS) is 24.9. The van der Waals surface area contributed by atoms with Gasteiger partial charge in [-0.15, -0.1) is 0 Å². The largest absolute Gasteiger partial charge is 0.507 e. The van der Waals surface area contributed by atoms with Crippen LogP contribution in [0.3, 0.4) is 0 Å². The van der Waals surface area contributed by atoms with Crippen molar-refractivity contribution >= 4 is 0 Å². The Balaban J connectivity index is 2.58. The zero-order chi connectivity index (χ0) is 18.5. The summed E-state index contributed by atoms with van der Waals surface area (Å²) < 4.78 is 12.3. The molecule has 1 aromatic rings. The van der Waals surface area contributed by atoms with E-state index in [0.717, 1.165) is 23.1 Å². The summed E-state index contributed by atoms with van der Waals surface area (Å²) in [5.41, 5.74) is 2.33. The first-order valence-electron chi connectivity index (χ1n) is 8.92. The van der Waals surface area contributed by atoms with Gasteiger partial charge in [0.05, 0.1) is 11.7 Å². The Morgan fingerprint density at radius 1 is 1.00 bits per heavy atom. The summed E-state index contributed by atoms with van der Waals surface area (Å²) in [6.45, 7) is 19.0. The maximum atomic E-state index is 10.9. The van der Waals surface area contributed by atoms with Crippen LogP contribution in [0, 0.1) is 0 Å². The summed E-state index contributed by atoms with van der Waals surface area (Å²) in [4.78, 5) is 0. The standard InChI is InChI=1S/C21H34O3/c1-13-12-21(8,9)24-18(23-13)14-10-15(19(2,3)4)17(22)16(11-14)20(5,6)7/h10-11,13,18,22H,12H2,1-9H3. The van der Waals surface area contributed by atoms with Crippen LogP contribution in [0.1, 0.15) is 91.7 Å². The number of benzene rings is 1. The fourth-order valence-corrected chi connectivity index (χ4v) is 3.40. The first kappa shape index (κ1) is 19.3. The molecule has 3 nitrogen and oxygen atoms in total. The highest BCUT2D eigenvalue weighted by Gasteiger charge is 2.36. The lowest BCUT2D eigenvalue weighted by molar-refractivity contribution is -0.273. The van der Waals surface area contributed by atoms with Crippen molar-refractivity contribution in [2.24, 2.45) is 0 Å². The number of aromatic hydroxyl groups is 1. The van der Waals surface area contributed by atoms with Gasteiger partial charge in [-0.1, -0.05) is 41.5 Å². The number of rotatable bonds is 1. The number of phenols is 1. The van der Waals surface area contributed by atoms with Gasteiger partial charge in [-0.3, -0.25) is 0 Å². The van der Waals surface area contributed by atoms with E-state index in [4.69, 9.17) is 9.47 Å². The third-order valence-corrected chi connectivity index (χ3v) is 4.58. The number of phenolic OH excluding ortho intramolecular Hbond substituents is 1. The van der Waals surface area contributed by atoms with Crippen molar-refractivity contribution in [2.75, 3.05) is 0 Å². The average Bonchev–Trinajstić information content (AvgIpc) is 2.33. The summed E-state index contributed by atoms with van der Waals surface area (Å²) in [5, 5.41) is 10.9. The highest BCUT2D eigenvalue weighted by atomic mass is 16.7. The second-order valence-electron chi connectivity index (χ2n) is 9.82. The molecular weight excluding hydrogens is 300 g/mol. The predicted octanol–water partition coefficient (Wildman–Crippen LogP) is 5.59. The molecule has 1 fully saturated rings. The maximum Gasteiger partial charge on any atom is 0.184 e. The summed E-state index contributed by atoms with van der Waals surface area (Å²) in [5.74, 6) is 0.391. The van der Waals surface area contributed by atoms with Gasteiger partial charge in [0.1, 0.15) is 5.75 Å². The minimum Gasteiger partial charge on any atom is -0.507 e. The summed E-state index contributed by atoms with van der Waals surface area (Å²) in [7, 11) is 0. The summed E-state index contributed by atoms with van der Waals surface area (Å²) >= 11 is 0. The van der Waals surface area contributed by atoms with Crippen molar-refractivity contribution in [3.63, 3.8) is 0 Å². The van der Waals surface area contributed by atoms with Gasteiger partial charge in [-0.25, -0.2) is 0 Å². The smallest absolute Gasteiger partial charge is 0.184 e. The lowest BCUT2D eigenvalue weighted by Crippen LogP contribution is -2.39. The molecule has 0 bridgehead atoms. The van der Waals surface area contributed by atoms with Crippen LogP contribution in [-0.2, 0) is 20.3 Å². The lowest BCUT2D eigenvalue weighted by atomic mass is 9.78. The van der Waals surface area contributed by atoms with Crippen molar-refractivity contribution in [3.05, 3.63) is 28.8 Å². The first-order chi connectivity index (χ1) is 10.7. The van der Waals surface area contributed by atoms with Gasteiger partial charge in [0.25, 0.3) is 0 Å². The van der Waals surface area contributed by atoms with Crippen LogP contribution in [0.2, 0.25) is 0 Å². The van der Waals surface area contributed by atoms with E-state index < -0.39 is 6.29 Å². The van der Waals surface area contributed by atoms with E-state index in [1.165, 1.54) is 0 Å². The molecule has 3 heteroatoms. The molecule has 0 aliphatic carbocycles. The van der Waals surface area contributed by atoms with Gasteiger partial charge in [0, 0.05) is 12.0 Å². The van der Waals surface area contributed by atoms with E-state index in [9.17, 15) is 5.11 Å². The van der Waals surface area contributed by atoms with Crippen LogP contribution in [-0.4, -0.2) is 16.8 Å². The van der Waals surface area contributed by atoms with Gasteiger partial charge in [0.15, 0.2) is 6.29 Å². The van der Waals surface area contributed by atoms with E-state index in [1.54, 1.807) is 0 Å². The van der Waals surface area contributed by atoms with Crippen molar-refractivity contribution < 1.29 is 14.6 Å². The summed E-state index contributed by atoms with van der Waals surface area (Å²) in [6, 6.07) is 4.09. The molecule has 1 aliphatic heterocycles. The number of ether oxygens (including phenoxy) is 2. The van der Waals surface area contributed by atoms with Crippen LogP contribution < -0.4 is 0 Å². The van der Waals surface area contributed by atoms with Crippen molar-refractivity contribution in [2.45, 2.75) is 97.6 Å². The Labute approximate surface area is 147 Å². The van der Waals surface area contributed by atoms with Crippen molar-refractivity contribution in [3.8, 4) is 5.75 Å². The van der Waals surface area contributed by atoms with Gasteiger partial charge in [-0.05, 0) is 54.9 Å². The molecule has 2 rings (SSSR count). The van der Waals surface area contributed by atoms with Crippen LogP contribution in [0.4, 0.5) is 0 Å². The quantitative estimate of drug-likeness (QED) is 0.727. The fourth-order valence-electron chi connectivity index (χ4n) is 3.40. The minimum atomic E-state index is -0.397. The Morgan fingerprint density at radius 2 is 1.46 bits per heavy atom. The van der Waals surface area contributed by atoms with Gasteiger partial charge in [0.2, 0.25) is 0 Å². The Morgan fingerprint density at radius 3 is 1.83 bits per heavy atom. The monoisotopic (exact) mass is 334 g/mol. The molecule has 1 N–H and O–H groups in total. The highest BCUT2D eigenvalue weighted by Crippen LogP contribution is 2.43. The van der Waals surface area contributed by atoms with E-state index >= 15 is 0 Å². The molecule has 0 aromatic heterocycles. The molecular formula is C21H34O3. The Kier molecular flexibility index (Phi) is 4.84. The second-order valence-corrected chi connectivity index (χ2v) is 9.82. The first-order valence-corrected chi connectivity index (χ1v) is 8.92. The van der Waals surface area contributed by atoms with Gasteiger partial charge in [-0.2, -0.15) is 0 Å². The Hall–Kier alpha value is -1.06. The third kappa shape index (κ3) is 4.12. The average molecular weight is 335 g/mol. The lowest BCUT2D eigenvalue weighted by Gasteiger charge is -2.40. The van der Waals surface area contributed by atoms with E-state index in [1.807, 2.05) is 12.1 Å². The zero-order valence-electron chi connectivity index (χ0n) is 16.8. The molecule has 2 atom stereocenters. The molecule has 1 heterocycles. The fraction of sp³-hybridized carbons (Fsp3) is 0.714. The molecule has 1 aliphatic rings. The topological polar surface area (TPSA) is 38.7 Å². The maximum absolute atomic E-state index is 10.9. The highest BCUT2D eigenvalue weighted by molar-refractivity contribution is 5.50. The Bertz CT molecular complexity index is 567. The van der Waals surface area contributed by atoms with E-state index in [2.05, 4.69) is 62.3 Å². The number of hydrogen-bond donors (Lipinski definition) is 1. The van der Waals surface area contributed by atoms with Gasteiger partial charge >= 0.3 is 0 Å². The predicted molar refractivity (Wildman–Crippen MR) is 98.6 cm³/mol. The molecule has 0 radical (unpaired) electrons. The van der Waals surface area contributed by atoms with E-state index in [0.29, 0.717) is 5.75 Å². The molecule has 2 unspecified atom stereocenters. The van der Waals surface area contributed by atoms with E-state index in [-0.39, 0.29) is 22.5 Å². The van der Waals surface area contributed by atoms with Crippen molar-refractivity contribution in [1.82, 2.24) is 0 Å². The SMILES string of the molecule is CC1CC(C)(C)OC(c2cc(C(C)(C)C)c(O)c(C(C)(C)C)c2)O1. The van der Waals surface area contributed by atoms with Crippen LogP contribution in [0.5, 0.6) is 5.75 Å². The molecule has 136 valence electrons. The molecule has 0 spiro atoms. The molecule has 1 saturated heterocycles. The van der Waals surface area contributed by atoms with Gasteiger partial charge < -0.3 is 14.6 Å². The second kappa shape index (κ2) is 6.03. The zero-order valence-corrected chi connectivity index (χ0v) is 16.8. The van der Waals surface area contributed by atoms with Crippen LogP contribution in [0.15, 0.2) is 12.1 Å². The van der Waals surface area contributed by atoms with Crippen LogP contribution >= 0.6 is 0 Å². The molecule has 24 heavy (non-hydrogen) atoms. The number of hydrogen-bond acceptors (Lipinski definition) is 3. The van der Waals surface area contributed by atoms with Crippen LogP contribution in [0.25, 0.3) is 0 Å². The van der Waals surface area contributed by atoms with Crippen molar-refractivity contribution in [1.29, 1.82) is 0 Å².